The van der Waals surface area contributed by atoms with E-state index in [4.69, 9.17) is 0 Å². The van der Waals surface area contributed by atoms with Crippen LogP contribution in [-0.4, -0.2) is 10.9 Å². The third-order valence-corrected chi connectivity index (χ3v) is 5.15. The first-order chi connectivity index (χ1) is 10.4. The molecule has 1 aromatic rings. The Bertz CT molecular complexity index is 497. The van der Waals surface area contributed by atoms with Crippen molar-refractivity contribution in [1.29, 1.82) is 0 Å². The van der Waals surface area contributed by atoms with E-state index in [0.717, 1.165) is 43.7 Å². The van der Waals surface area contributed by atoms with E-state index in [1.54, 1.807) is 6.20 Å². The molecule has 4 heteroatoms. The molecule has 2 unspecified atom stereocenters. The van der Waals surface area contributed by atoms with Gasteiger partial charge >= 0.3 is 0 Å². The molecule has 21 heavy (non-hydrogen) atoms. The number of nitrogens with one attached hydrogen (secondary N) is 1. The van der Waals surface area contributed by atoms with Gasteiger partial charge in [-0.15, -0.1) is 11.3 Å². The molecule has 0 bridgehead atoms. The molecule has 0 radical (unpaired) electrons. The van der Waals surface area contributed by atoms with Gasteiger partial charge in [0.05, 0.1) is 0 Å². The predicted octanol–water partition coefficient (Wildman–Crippen LogP) is 4.41. The summed E-state index contributed by atoms with van der Waals surface area (Å²) in [6.45, 7) is 0. The van der Waals surface area contributed by atoms with Crippen LogP contribution < -0.4 is 5.32 Å². The second kappa shape index (κ2) is 7.03. The molecule has 2 aliphatic rings. The topological polar surface area (TPSA) is 42.0 Å². The zero-order valence-electron chi connectivity index (χ0n) is 12.2. The van der Waals surface area contributed by atoms with Crippen molar-refractivity contribution in [2.24, 2.45) is 17.8 Å². The maximum absolute atomic E-state index is 12.4. The predicted molar refractivity (Wildman–Crippen MR) is 87.2 cm³/mol. The minimum Gasteiger partial charge on any atom is -0.302 e. The van der Waals surface area contributed by atoms with Gasteiger partial charge in [0.1, 0.15) is 0 Å². The Kier molecular flexibility index (Phi) is 4.86. The summed E-state index contributed by atoms with van der Waals surface area (Å²) >= 11 is 1.48. The van der Waals surface area contributed by atoms with E-state index in [1.807, 2.05) is 5.38 Å². The molecule has 3 nitrogen and oxygen atoms in total. The molecular weight excluding hydrogens is 280 g/mol. The van der Waals surface area contributed by atoms with Crippen LogP contribution >= 0.6 is 11.3 Å². The lowest BCUT2D eigenvalue weighted by Gasteiger charge is -2.00. The Morgan fingerprint density at radius 1 is 1.05 bits per heavy atom. The fourth-order valence-electron chi connectivity index (χ4n) is 3.34. The Labute approximate surface area is 130 Å². The summed E-state index contributed by atoms with van der Waals surface area (Å²) in [6.07, 6.45) is 17.6. The first-order valence-corrected chi connectivity index (χ1v) is 8.74. The van der Waals surface area contributed by atoms with Gasteiger partial charge in [-0.3, -0.25) is 4.79 Å². The van der Waals surface area contributed by atoms with Crippen LogP contribution in [0, 0.1) is 17.8 Å². The van der Waals surface area contributed by atoms with Crippen LogP contribution in [0.2, 0.25) is 0 Å². The van der Waals surface area contributed by atoms with Crippen molar-refractivity contribution in [2.45, 2.75) is 38.5 Å². The zero-order valence-corrected chi connectivity index (χ0v) is 13.0. The molecule has 0 spiro atoms. The fraction of sp³-hybridized carbons (Fsp3) is 0.529. The van der Waals surface area contributed by atoms with Gasteiger partial charge in [0.15, 0.2) is 5.13 Å². The average molecular weight is 302 g/mol. The molecule has 1 amide bonds. The van der Waals surface area contributed by atoms with Gasteiger partial charge in [-0.2, -0.15) is 0 Å². The van der Waals surface area contributed by atoms with Gasteiger partial charge in [0.25, 0.3) is 0 Å². The lowest BCUT2D eigenvalue weighted by molar-refractivity contribution is -0.117. The number of rotatable bonds is 2. The highest BCUT2D eigenvalue weighted by molar-refractivity contribution is 7.13. The van der Waals surface area contributed by atoms with Gasteiger partial charge in [0, 0.05) is 17.5 Å². The number of fused-ring (bicyclic) bond motifs is 1. The molecule has 0 aromatic carbocycles. The van der Waals surface area contributed by atoms with Crippen LogP contribution in [0.1, 0.15) is 38.5 Å². The van der Waals surface area contributed by atoms with Crippen LogP contribution in [0.25, 0.3) is 0 Å². The van der Waals surface area contributed by atoms with Crippen molar-refractivity contribution in [3.8, 4) is 0 Å². The van der Waals surface area contributed by atoms with Crippen molar-refractivity contribution in [2.75, 3.05) is 5.32 Å². The number of allylic oxidation sites excluding steroid dienone is 4. The molecule has 2 atom stereocenters. The number of carbonyl (C=O) groups excluding carboxylic acids is 1. The van der Waals surface area contributed by atoms with E-state index in [2.05, 4.69) is 34.6 Å². The smallest absolute Gasteiger partial charge is 0.229 e. The molecule has 1 fully saturated rings. The number of anilines is 1. The number of hydrogen-bond acceptors (Lipinski definition) is 3. The van der Waals surface area contributed by atoms with Crippen molar-refractivity contribution in [3.05, 3.63) is 35.9 Å². The van der Waals surface area contributed by atoms with E-state index in [1.165, 1.54) is 11.3 Å². The summed E-state index contributed by atoms with van der Waals surface area (Å²) < 4.78 is 0. The normalized spacial score (nSPS) is 29.0. The summed E-state index contributed by atoms with van der Waals surface area (Å²) in [5, 5.41) is 5.59. The number of thiazole rings is 1. The Morgan fingerprint density at radius 3 is 2.24 bits per heavy atom. The highest BCUT2D eigenvalue weighted by Gasteiger charge is 2.52. The molecular formula is C17H22N2OS. The van der Waals surface area contributed by atoms with Crippen molar-refractivity contribution >= 4 is 22.4 Å². The van der Waals surface area contributed by atoms with Crippen LogP contribution in [0.4, 0.5) is 5.13 Å². The molecule has 3 rings (SSSR count). The van der Waals surface area contributed by atoms with Crippen molar-refractivity contribution in [3.63, 3.8) is 0 Å². The van der Waals surface area contributed by atoms with Gasteiger partial charge < -0.3 is 5.32 Å². The SMILES string of the molecule is O=C(Nc1nccs1)C1C2CCC=CCCC=CCCC21. The van der Waals surface area contributed by atoms with Crippen LogP contribution in [-0.2, 0) is 4.79 Å². The lowest BCUT2D eigenvalue weighted by atomic mass is 10.1. The molecule has 0 aliphatic heterocycles. The summed E-state index contributed by atoms with van der Waals surface area (Å²) in [4.78, 5) is 16.5. The Hall–Kier alpha value is -1.42. The summed E-state index contributed by atoms with van der Waals surface area (Å²) in [7, 11) is 0. The quantitative estimate of drug-likeness (QED) is 0.822. The van der Waals surface area contributed by atoms with Gasteiger partial charge in [-0.1, -0.05) is 24.3 Å². The number of amides is 1. The van der Waals surface area contributed by atoms with Crippen LogP contribution in [0.15, 0.2) is 35.9 Å². The highest BCUT2D eigenvalue weighted by atomic mass is 32.1. The number of carbonyl (C=O) groups is 1. The molecule has 1 saturated carbocycles. The van der Waals surface area contributed by atoms with Gasteiger partial charge in [-0.25, -0.2) is 4.98 Å². The monoisotopic (exact) mass is 302 g/mol. The average Bonchev–Trinajstić information content (AvgIpc) is 2.90. The third kappa shape index (κ3) is 3.82. The van der Waals surface area contributed by atoms with Gasteiger partial charge in [-0.05, 0) is 50.4 Å². The van der Waals surface area contributed by atoms with Crippen molar-refractivity contribution in [1.82, 2.24) is 4.98 Å². The molecule has 1 aromatic heterocycles. The maximum atomic E-state index is 12.4. The second-order valence-corrected chi connectivity index (χ2v) is 6.75. The molecule has 1 heterocycles. The Balaban J connectivity index is 1.59. The van der Waals surface area contributed by atoms with E-state index in [-0.39, 0.29) is 11.8 Å². The molecule has 2 aliphatic carbocycles. The standard InChI is InChI=1S/C17H22N2OS/c20-16(19-17-18-11-12-21-17)15-13-9-7-5-3-1-2-4-6-8-10-14(13)15/h3-6,11-15H,1-2,7-10H2,(H,18,19,20). The van der Waals surface area contributed by atoms with E-state index < -0.39 is 0 Å². The zero-order chi connectivity index (χ0) is 14.5. The van der Waals surface area contributed by atoms with Gasteiger partial charge in [0.2, 0.25) is 5.91 Å². The van der Waals surface area contributed by atoms with E-state index in [0.29, 0.717) is 11.8 Å². The lowest BCUT2D eigenvalue weighted by Crippen LogP contribution is -2.15. The number of nitrogens with zero attached hydrogens (tertiary/aromatic N) is 1. The minimum absolute atomic E-state index is 0.169. The molecule has 112 valence electrons. The van der Waals surface area contributed by atoms with Crippen LogP contribution in [0.3, 0.4) is 0 Å². The van der Waals surface area contributed by atoms with E-state index >= 15 is 0 Å². The number of aromatic nitrogens is 1. The molecule has 0 saturated heterocycles. The maximum Gasteiger partial charge on any atom is 0.229 e. The largest absolute Gasteiger partial charge is 0.302 e. The minimum atomic E-state index is 0.169. The third-order valence-electron chi connectivity index (χ3n) is 4.46. The first-order valence-electron chi connectivity index (χ1n) is 7.86. The summed E-state index contributed by atoms with van der Waals surface area (Å²) in [5.74, 6) is 1.48. The Morgan fingerprint density at radius 2 is 1.67 bits per heavy atom. The molecule has 1 N–H and O–H groups in total. The summed E-state index contributed by atoms with van der Waals surface area (Å²) in [5.41, 5.74) is 0. The fourth-order valence-corrected chi connectivity index (χ4v) is 3.87. The number of hydrogen-bond donors (Lipinski definition) is 1. The second-order valence-electron chi connectivity index (χ2n) is 5.85. The first kappa shape index (κ1) is 14.5. The van der Waals surface area contributed by atoms with Crippen LogP contribution in [0.5, 0.6) is 0 Å². The van der Waals surface area contributed by atoms with E-state index in [9.17, 15) is 4.79 Å². The van der Waals surface area contributed by atoms with Crippen molar-refractivity contribution < 1.29 is 4.79 Å². The highest BCUT2D eigenvalue weighted by Crippen LogP contribution is 2.52. The summed E-state index contributed by atoms with van der Waals surface area (Å²) in [6, 6.07) is 0.